The summed E-state index contributed by atoms with van der Waals surface area (Å²) in [6.45, 7) is 4.74. The van der Waals surface area contributed by atoms with Crippen molar-refractivity contribution in [1.29, 1.82) is 0 Å². The minimum absolute atomic E-state index is 0.213. The Morgan fingerprint density at radius 1 is 0.895 bits per heavy atom. The van der Waals surface area contributed by atoms with E-state index in [1.54, 1.807) is 6.92 Å². The first-order valence-electron chi connectivity index (χ1n) is 6.60. The molecule has 1 nitrogen and oxygen atoms in total. The Labute approximate surface area is 111 Å². The van der Waals surface area contributed by atoms with Crippen molar-refractivity contribution in [2.24, 2.45) is 0 Å². The van der Waals surface area contributed by atoms with Crippen LogP contribution in [0.25, 0.3) is 0 Å². The van der Waals surface area contributed by atoms with E-state index in [1.165, 1.54) is 4.90 Å². The standard InChI is InChI=1S/C14H19F4N/c1-3-5-6-7-8-19(4-2)11-9-10(15)12(16)14(18)13(11)17/h9H,3-8H2,1-2H3. The van der Waals surface area contributed by atoms with Gasteiger partial charge in [-0.3, -0.25) is 0 Å². The summed E-state index contributed by atoms with van der Waals surface area (Å²) in [6.07, 6.45) is 3.91. The Bertz CT molecular complexity index is 420. The van der Waals surface area contributed by atoms with E-state index >= 15 is 0 Å². The van der Waals surface area contributed by atoms with Crippen LogP contribution in [0, 0.1) is 23.3 Å². The number of hydrogen-bond donors (Lipinski definition) is 0. The van der Waals surface area contributed by atoms with E-state index in [2.05, 4.69) is 6.92 Å². The summed E-state index contributed by atoms with van der Waals surface area (Å²) in [5, 5.41) is 0. The molecule has 1 aromatic carbocycles. The molecule has 0 heterocycles. The summed E-state index contributed by atoms with van der Waals surface area (Å²) in [4.78, 5) is 1.52. The third-order valence-corrected chi connectivity index (χ3v) is 3.09. The molecule has 0 spiro atoms. The van der Waals surface area contributed by atoms with Crippen molar-refractivity contribution in [1.82, 2.24) is 0 Å². The number of benzene rings is 1. The minimum Gasteiger partial charge on any atom is -0.369 e. The Kier molecular flexibility index (Phi) is 6.12. The van der Waals surface area contributed by atoms with Gasteiger partial charge in [0, 0.05) is 19.2 Å². The van der Waals surface area contributed by atoms with Crippen LogP contribution in [0.5, 0.6) is 0 Å². The minimum atomic E-state index is -1.76. The number of unbranched alkanes of at least 4 members (excludes halogenated alkanes) is 3. The Hall–Kier alpha value is -1.26. The molecule has 0 saturated heterocycles. The number of rotatable bonds is 7. The number of anilines is 1. The van der Waals surface area contributed by atoms with Gasteiger partial charge in [-0.15, -0.1) is 0 Å². The average molecular weight is 277 g/mol. The SMILES string of the molecule is CCCCCCN(CC)c1cc(F)c(F)c(F)c1F. The van der Waals surface area contributed by atoms with E-state index in [1.807, 2.05) is 0 Å². The summed E-state index contributed by atoms with van der Waals surface area (Å²) >= 11 is 0. The molecule has 0 bridgehead atoms. The van der Waals surface area contributed by atoms with Crippen LogP contribution in [-0.4, -0.2) is 13.1 Å². The second kappa shape index (κ2) is 7.36. The molecule has 0 aliphatic heterocycles. The van der Waals surface area contributed by atoms with Crippen molar-refractivity contribution in [2.45, 2.75) is 39.5 Å². The first-order valence-corrected chi connectivity index (χ1v) is 6.60. The van der Waals surface area contributed by atoms with Crippen LogP contribution in [0.2, 0.25) is 0 Å². The number of hydrogen-bond acceptors (Lipinski definition) is 1. The van der Waals surface area contributed by atoms with Crippen molar-refractivity contribution in [3.8, 4) is 0 Å². The van der Waals surface area contributed by atoms with Gasteiger partial charge in [0.2, 0.25) is 0 Å². The maximum absolute atomic E-state index is 13.6. The van der Waals surface area contributed by atoms with Crippen molar-refractivity contribution in [3.05, 3.63) is 29.3 Å². The molecule has 0 amide bonds. The zero-order valence-corrected chi connectivity index (χ0v) is 11.3. The van der Waals surface area contributed by atoms with Gasteiger partial charge >= 0.3 is 0 Å². The molecule has 0 radical (unpaired) electrons. The third-order valence-electron chi connectivity index (χ3n) is 3.09. The highest BCUT2D eigenvalue weighted by Crippen LogP contribution is 2.26. The highest BCUT2D eigenvalue weighted by molar-refractivity contribution is 5.48. The molecular formula is C14H19F4N. The fourth-order valence-corrected chi connectivity index (χ4v) is 1.97. The highest BCUT2D eigenvalue weighted by atomic mass is 19.2. The van der Waals surface area contributed by atoms with Gasteiger partial charge in [0.1, 0.15) is 0 Å². The lowest BCUT2D eigenvalue weighted by Gasteiger charge is -2.24. The molecule has 0 fully saturated rings. The van der Waals surface area contributed by atoms with Crippen LogP contribution in [0.15, 0.2) is 6.07 Å². The second-order valence-electron chi connectivity index (χ2n) is 4.46. The lowest BCUT2D eigenvalue weighted by molar-refractivity contribution is 0.408. The van der Waals surface area contributed by atoms with Gasteiger partial charge in [-0.1, -0.05) is 26.2 Å². The van der Waals surface area contributed by atoms with Gasteiger partial charge in [-0.25, -0.2) is 17.6 Å². The van der Waals surface area contributed by atoms with E-state index in [0.717, 1.165) is 31.7 Å². The van der Waals surface area contributed by atoms with Gasteiger partial charge in [-0.05, 0) is 13.3 Å². The van der Waals surface area contributed by atoms with Crippen molar-refractivity contribution in [3.63, 3.8) is 0 Å². The zero-order chi connectivity index (χ0) is 14.4. The molecule has 5 heteroatoms. The van der Waals surface area contributed by atoms with Crippen LogP contribution in [-0.2, 0) is 0 Å². The smallest absolute Gasteiger partial charge is 0.199 e. The van der Waals surface area contributed by atoms with E-state index in [-0.39, 0.29) is 5.69 Å². The quantitative estimate of drug-likeness (QED) is 0.303. The molecule has 19 heavy (non-hydrogen) atoms. The first-order chi connectivity index (χ1) is 9.02. The summed E-state index contributed by atoms with van der Waals surface area (Å²) in [6, 6.07) is 0.719. The molecule has 0 atom stereocenters. The molecular weight excluding hydrogens is 258 g/mol. The second-order valence-corrected chi connectivity index (χ2v) is 4.46. The van der Waals surface area contributed by atoms with Gasteiger partial charge in [0.15, 0.2) is 23.3 Å². The average Bonchev–Trinajstić information content (AvgIpc) is 2.41. The Morgan fingerprint density at radius 2 is 1.58 bits per heavy atom. The van der Waals surface area contributed by atoms with Crippen LogP contribution in [0.4, 0.5) is 23.2 Å². The lowest BCUT2D eigenvalue weighted by Crippen LogP contribution is -2.25. The molecule has 0 aromatic heterocycles. The fourth-order valence-electron chi connectivity index (χ4n) is 1.97. The highest BCUT2D eigenvalue weighted by Gasteiger charge is 2.21. The topological polar surface area (TPSA) is 3.24 Å². The number of halogens is 4. The van der Waals surface area contributed by atoms with Crippen LogP contribution < -0.4 is 4.90 Å². The van der Waals surface area contributed by atoms with Crippen LogP contribution >= 0.6 is 0 Å². The van der Waals surface area contributed by atoms with Gasteiger partial charge in [-0.2, -0.15) is 0 Å². The summed E-state index contributed by atoms with van der Waals surface area (Å²) in [7, 11) is 0. The molecule has 0 aliphatic rings. The molecule has 1 rings (SSSR count). The van der Waals surface area contributed by atoms with E-state index < -0.39 is 23.3 Å². The van der Waals surface area contributed by atoms with Gasteiger partial charge < -0.3 is 4.90 Å². The fraction of sp³-hybridized carbons (Fsp3) is 0.571. The summed E-state index contributed by atoms with van der Waals surface area (Å²) < 4.78 is 52.8. The third kappa shape index (κ3) is 3.85. The van der Waals surface area contributed by atoms with Crippen molar-refractivity contribution < 1.29 is 17.6 Å². The predicted molar refractivity (Wildman–Crippen MR) is 68.3 cm³/mol. The summed E-state index contributed by atoms with van der Waals surface area (Å²) in [5.74, 6) is -6.19. The van der Waals surface area contributed by atoms with E-state index in [4.69, 9.17) is 0 Å². The largest absolute Gasteiger partial charge is 0.369 e. The molecule has 0 unspecified atom stereocenters. The van der Waals surface area contributed by atoms with Crippen LogP contribution in [0.3, 0.4) is 0 Å². The molecule has 0 N–H and O–H groups in total. The van der Waals surface area contributed by atoms with Crippen molar-refractivity contribution in [2.75, 3.05) is 18.0 Å². The van der Waals surface area contributed by atoms with E-state index in [9.17, 15) is 17.6 Å². The molecule has 0 saturated carbocycles. The first kappa shape index (κ1) is 15.8. The number of nitrogens with zero attached hydrogens (tertiary/aromatic N) is 1. The van der Waals surface area contributed by atoms with E-state index in [0.29, 0.717) is 13.1 Å². The van der Waals surface area contributed by atoms with Gasteiger partial charge in [0.25, 0.3) is 0 Å². The molecule has 1 aromatic rings. The van der Waals surface area contributed by atoms with Crippen LogP contribution in [0.1, 0.15) is 39.5 Å². The zero-order valence-electron chi connectivity index (χ0n) is 11.3. The lowest BCUT2D eigenvalue weighted by atomic mass is 10.2. The maximum Gasteiger partial charge on any atom is 0.199 e. The predicted octanol–water partition coefficient (Wildman–Crippen LogP) is 4.65. The monoisotopic (exact) mass is 277 g/mol. The van der Waals surface area contributed by atoms with Crippen molar-refractivity contribution >= 4 is 5.69 Å². The summed E-state index contributed by atoms with van der Waals surface area (Å²) in [5.41, 5.74) is -0.213. The normalized spacial score (nSPS) is 10.8. The Morgan fingerprint density at radius 3 is 2.16 bits per heavy atom. The molecule has 0 aliphatic carbocycles. The molecule has 108 valence electrons. The maximum atomic E-state index is 13.6. The van der Waals surface area contributed by atoms with Gasteiger partial charge in [0.05, 0.1) is 5.69 Å². The Balaban J connectivity index is 2.86.